The van der Waals surface area contributed by atoms with E-state index < -0.39 is 0 Å². The SMILES string of the molecule is CC1(C)C(C(=O)OCc2cccc(Oc3ccc(F)cc3)c2)C1(C)C. The Balaban J connectivity index is 1.61. The lowest BCUT2D eigenvalue weighted by molar-refractivity contribution is -0.148. The van der Waals surface area contributed by atoms with Crippen molar-refractivity contribution < 1.29 is 18.7 Å². The molecule has 132 valence electrons. The van der Waals surface area contributed by atoms with Crippen molar-refractivity contribution in [3.63, 3.8) is 0 Å². The quantitative estimate of drug-likeness (QED) is 0.688. The van der Waals surface area contributed by atoms with Gasteiger partial charge in [-0.3, -0.25) is 4.79 Å². The summed E-state index contributed by atoms with van der Waals surface area (Å²) in [6, 6.07) is 13.2. The third-order valence-corrected chi connectivity index (χ3v) is 5.59. The second-order valence-corrected chi connectivity index (χ2v) is 7.69. The Morgan fingerprint density at radius 2 is 1.64 bits per heavy atom. The molecule has 25 heavy (non-hydrogen) atoms. The Morgan fingerprint density at radius 1 is 1.00 bits per heavy atom. The molecule has 0 aromatic heterocycles. The highest BCUT2D eigenvalue weighted by atomic mass is 19.1. The number of carbonyl (C=O) groups excluding carboxylic acids is 1. The lowest BCUT2D eigenvalue weighted by atomic mass is 10.0. The van der Waals surface area contributed by atoms with Gasteiger partial charge in [-0.15, -0.1) is 0 Å². The number of esters is 1. The molecule has 1 saturated carbocycles. The maximum atomic E-state index is 12.9. The summed E-state index contributed by atoms with van der Waals surface area (Å²) in [5, 5.41) is 0. The molecule has 1 fully saturated rings. The lowest BCUT2D eigenvalue weighted by Gasteiger charge is -2.09. The van der Waals surface area contributed by atoms with Gasteiger partial charge in [0.15, 0.2) is 0 Å². The summed E-state index contributed by atoms with van der Waals surface area (Å²) in [5.41, 5.74) is 0.791. The highest BCUT2D eigenvalue weighted by Gasteiger charge is 2.69. The minimum absolute atomic E-state index is 0.0301. The largest absolute Gasteiger partial charge is 0.461 e. The van der Waals surface area contributed by atoms with Crippen molar-refractivity contribution >= 4 is 5.97 Å². The first-order valence-corrected chi connectivity index (χ1v) is 8.41. The Bertz CT molecular complexity index is 764. The minimum atomic E-state index is -0.307. The van der Waals surface area contributed by atoms with E-state index in [1.165, 1.54) is 12.1 Å². The monoisotopic (exact) mass is 342 g/mol. The molecule has 4 heteroatoms. The van der Waals surface area contributed by atoms with Gasteiger partial charge in [-0.05, 0) is 52.8 Å². The molecule has 0 N–H and O–H groups in total. The van der Waals surface area contributed by atoms with Gasteiger partial charge in [0.25, 0.3) is 0 Å². The van der Waals surface area contributed by atoms with Gasteiger partial charge >= 0.3 is 5.97 Å². The van der Waals surface area contributed by atoms with Crippen LogP contribution in [0, 0.1) is 22.6 Å². The standard InChI is InChI=1S/C21H23FO3/c1-20(2)18(21(20,3)4)19(23)24-13-14-6-5-7-17(12-14)25-16-10-8-15(22)9-11-16/h5-12,18H,13H2,1-4H3. The second-order valence-electron chi connectivity index (χ2n) is 7.69. The van der Waals surface area contributed by atoms with Crippen LogP contribution in [0.25, 0.3) is 0 Å². The molecule has 2 aromatic carbocycles. The normalized spacial score (nSPS) is 17.8. The number of ether oxygens (including phenoxy) is 2. The molecule has 1 aliphatic carbocycles. The molecule has 0 unspecified atom stereocenters. The summed E-state index contributed by atoms with van der Waals surface area (Å²) in [7, 11) is 0. The molecule has 0 heterocycles. The van der Waals surface area contributed by atoms with Gasteiger partial charge in [0, 0.05) is 0 Å². The van der Waals surface area contributed by atoms with Crippen molar-refractivity contribution in [3.8, 4) is 11.5 Å². The van der Waals surface area contributed by atoms with Gasteiger partial charge in [0.1, 0.15) is 23.9 Å². The second kappa shape index (κ2) is 6.17. The number of carbonyl (C=O) groups is 1. The van der Waals surface area contributed by atoms with E-state index in [4.69, 9.17) is 9.47 Å². The van der Waals surface area contributed by atoms with Crippen molar-refractivity contribution in [1.82, 2.24) is 0 Å². The predicted molar refractivity (Wildman–Crippen MR) is 93.8 cm³/mol. The van der Waals surface area contributed by atoms with E-state index in [9.17, 15) is 9.18 Å². The van der Waals surface area contributed by atoms with Gasteiger partial charge in [0.2, 0.25) is 0 Å². The fourth-order valence-corrected chi connectivity index (χ4v) is 3.36. The molecule has 0 atom stereocenters. The molecule has 0 saturated heterocycles. The highest BCUT2D eigenvalue weighted by molar-refractivity contribution is 5.78. The number of hydrogen-bond acceptors (Lipinski definition) is 3. The first-order valence-electron chi connectivity index (χ1n) is 8.41. The fraction of sp³-hybridized carbons (Fsp3) is 0.381. The van der Waals surface area contributed by atoms with Crippen LogP contribution in [0.2, 0.25) is 0 Å². The van der Waals surface area contributed by atoms with Crippen LogP contribution < -0.4 is 4.74 Å². The zero-order valence-electron chi connectivity index (χ0n) is 15.0. The molecule has 0 bridgehead atoms. The van der Waals surface area contributed by atoms with Crippen molar-refractivity contribution in [2.24, 2.45) is 16.7 Å². The molecular weight excluding hydrogens is 319 g/mol. The average molecular weight is 342 g/mol. The van der Waals surface area contributed by atoms with E-state index in [1.54, 1.807) is 12.1 Å². The molecule has 2 aromatic rings. The first kappa shape index (κ1) is 17.5. The smallest absolute Gasteiger partial charge is 0.310 e. The van der Waals surface area contributed by atoms with E-state index in [0.29, 0.717) is 11.5 Å². The summed E-state index contributed by atoms with van der Waals surface area (Å²) in [5.74, 6) is 0.640. The van der Waals surface area contributed by atoms with Gasteiger partial charge in [0.05, 0.1) is 5.92 Å². The Hall–Kier alpha value is -2.36. The molecular formula is C21H23FO3. The van der Waals surface area contributed by atoms with Crippen LogP contribution in [0.4, 0.5) is 4.39 Å². The molecule has 1 aliphatic rings. The van der Waals surface area contributed by atoms with Crippen molar-refractivity contribution in [3.05, 3.63) is 59.9 Å². The van der Waals surface area contributed by atoms with E-state index in [1.807, 2.05) is 24.3 Å². The molecule has 0 amide bonds. The number of benzene rings is 2. The van der Waals surface area contributed by atoms with Crippen LogP contribution in [0.1, 0.15) is 33.3 Å². The van der Waals surface area contributed by atoms with E-state index in [2.05, 4.69) is 27.7 Å². The molecule has 0 spiro atoms. The van der Waals surface area contributed by atoms with Crippen LogP contribution in [-0.4, -0.2) is 5.97 Å². The molecule has 3 nitrogen and oxygen atoms in total. The zero-order valence-corrected chi connectivity index (χ0v) is 15.0. The summed E-state index contributed by atoms with van der Waals surface area (Å²) < 4.78 is 24.1. The van der Waals surface area contributed by atoms with E-state index in [0.717, 1.165) is 5.56 Å². The summed E-state index contributed by atoms with van der Waals surface area (Å²) in [6.45, 7) is 8.58. The Labute approximate surface area is 147 Å². The first-order chi connectivity index (χ1) is 11.7. The summed E-state index contributed by atoms with van der Waals surface area (Å²) in [4.78, 5) is 12.3. The van der Waals surface area contributed by atoms with E-state index in [-0.39, 0.29) is 35.1 Å². The van der Waals surface area contributed by atoms with Gasteiger partial charge in [-0.25, -0.2) is 4.39 Å². The number of rotatable bonds is 5. The van der Waals surface area contributed by atoms with Crippen LogP contribution in [0.5, 0.6) is 11.5 Å². The summed E-state index contributed by atoms with van der Waals surface area (Å²) in [6.07, 6.45) is 0. The minimum Gasteiger partial charge on any atom is -0.461 e. The topological polar surface area (TPSA) is 35.5 Å². The molecule has 3 rings (SSSR count). The van der Waals surface area contributed by atoms with Crippen molar-refractivity contribution in [2.75, 3.05) is 0 Å². The fourth-order valence-electron chi connectivity index (χ4n) is 3.36. The maximum Gasteiger partial charge on any atom is 0.310 e. The third kappa shape index (κ3) is 3.39. The van der Waals surface area contributed by atoms with Crippen LogP contribution in [-0.2, 0) is 16.1 Å². The van der Waals surface area contributed by atoms with Gasteiger partial charge in [-0.2, -0.15) is 0 Å². The Morgan fingerprint density at radius 3 is 2.24 bits per heavy atom. The lowest BCUT2D eigenvalue weighted by Crippen LogP contribution is -2.11. The van der Waals surface area contributed by atoms with Crippen LogP contribution in [0.3, 0.4) is 0 Å². The Kier molecular flexibility index (Phi) is 4.31. The highest BCUT2D eigenvalue weighted by Crippen LogP contribution is 2.68. The van der Waals surface area contributed by atoms with Crippen LogP contribution in [0.15, 0.2) is 48.5 Å². The zero-order chi connectivity index (χ0) is 18.2. The molecule has 0 aliphatic heterocycles. The maximum absolute atomic E-state index is 12.9. The molecule has 0 radical (unpaired) electrons. The average Bonchev–Trinajstić information content (AvgIpc) is 2.97. The van der Waals surface area contributed by atoms with Crippen LogP contribution >= 0.6 is 0 Å². The third-order valence-electron chi connectivity index (χ3n) is 5.59. The van der Waals surface area contributed by atoms with E-state index >= 15 is 0 Å². The number of halogens is 1. The van der Waals surface area contributed by atoms with Gasteiger partial charge < -0.3 is 9.47 Å². The van der Waals surface area contributed by atoms with Crippen molar-refractivity contribution in [2.45, 2.75) is 34.3 Å². The predicted octanol–water partition coefficient (Wildman–Crippen LogP) is 5.34. The van der Waals surface area contributed by atoms with Crippen molar-refractivity contribution in [1.29, 1.82) is 0 Å². The number of hydrogen-bond donors (Lipinski definition) is 0. The summed E-state index contributed by atoms with van der Waals surface area (Å²) >= 11 is 0. The van der Waals surface area contributed by atoms with Gasteiger partial charge in [-0.1, -0.05) is 39.8 Å².